The van der Waals surface area contributed by atoms with E-state index in [4.69, 9.17) is 9.26 Å². The summed E-state index contributed by atoms with van der Waals surface area (Å²) < 4.78 is 11.4. The van der Waals surface area contributed by atoms with Gasteiger partial charge in [-0.2, -0.15) is 0 Å². The van der Waals surface area contributed by atoms with Gasteiger partial charge in [0.1, 0.15) is 17.5 Å². The van der Waals surface area contributed by atoms with Crippen LogP contribution in [0.5, 0.6) is 0 Å². The highest BCUT2D eigenvalue weighted by Crippen LogP contribution is 2.49. The number of aromatic nitrogens is 1. The summed E-state index contributed by atoms with van der Waals surface area (Å²) in [7, 11) is 0. The number of hydrogen-bond acceptors (Lipinski definition) is 5. The summed E-state index contributed by atoms with van der Waals surface area (Å²) in [5.74, 6) is 0.232. The van der Waals surface area contributed by atoms with Gasteiger partial charge in [-0.05, 0) is 5.92 Å². The maximum Gasteiger partial charge on any atom is 0.259 e. The summed E-state index contributed by atoms with van der Waals surface area (Å²) in [6.45, 7) is 5.30. The molecule has 3 aliphatic heterocycles. The lowest BCUT2D eigenvalue weighted by Crippen LogP contribution is -2.51. The van der Waals surface area contributed by atoms with Gasteiger partial charge in [0.25, 0.3) is 5.91 Å². The van der Waals surface area contributed by atoms with Crippen LogP contribution < -0.4 is 0 Å². The fourth-order valence-corrected chi connectivity index (χ4v) is 4.96. The van der Waals surface area contributed by atoms with Gasteiger partial charge in [-0.15, -0.1) is 0 Å². The fraction of sp³-hybridized carbons (Fsp3) is 0.476. The van der Waals surface area contributed by atoms with Crippen molar-refractivity contribution >= 4 is 11.8 Å². The summed E-state index contributed by atoms with van der Waals surface area (Å²) in [5, 5.41) is 4.05. The SMILES string of the molecule is CC(C)[C@@H]1CO[C@@]23CCN(C(=O)c4conc4-c4ccccc4)[C@@H]2CC(=O)N13. The van der Waals surface area contributed by atoms with Crippen LogP contribution in [-0.2, 0) is 9.53 Å². The van der Waals surface area contributed by atoms with Crippen LogP contribution in [0, 0.1) is 5.92 Å². The summed E-state index contributed by atoms with van der Waals surface area (Å²) in [6, 6.07) is 9.31. The molecular formula is C21H23N3O4. The molecule has 3 fully saturated rings. The molecule has 0 unspecified atom stereocenters. The Kier molecular flexibility index (Phi) is 3.84. The minimum atomic E-state index is -0.675. The number of likely N-dealkylation sites (tertiary alicyclic amines) is 1. The van der Waals surface area contributed by atoms with Crippen LogP contribution in [0.2, 0.25) is 0 Å². The van der Waals surface area contributed by atoms with E-state index in [-0.39, 0.29) is 23.9 Å². The molecule has 0 saturated carbocycles. The Labute approximate surface area is 163 Å². The Balaban J connectivity index is 1.47. The van der Waals surface area contributed by atoms with E-state index >= 15 is 0 Å². The molecule has 0 N–H and O–H groups in total. The molecule has 0 aliphatic carbocycles. The normalized spacial score (nSPS) is 28.9. The van der Waals surface area contributed by atoms with Crippen LogP contribution in [0.4, 0.5) is 0 Å². The van der Waals surface area contributed by atoms with Gasteiger partial charge in [-0.25, -0.2) is 0 Å². The van der Waals surface area contributed by atoms with Crippen molar-refractivity contribution in [3.8, 4) is 11.3 Å². The molecule has 1 aromatic heterocycles. The van der Waals surface area contributed by atoms with Gasteiger partial charge >= 0.3 is 0 Å². The lowest BCUT2D eigenvalue weighted by Gasteiger charge is -2.34. The zero-order chi connectivity index (χ0) is 19.5. The van der Waals surface area contributed by atoms with Gasteiger partial charge in [-0.1, -0.05) is 49.3 Å². The summed E-state index contributed by atoms with van der Waals surface area (Å²) >= 11 is 0. The Hall–Kier alpha value is -2.67. The lowest BCUT2D eigenvalue weighted by atomic mass is 10.0. The van der Waals surface area contributed by atoms with E-state index in [2.05, 4.69) is 19.0 Å². The third kappa shape index (κ3) is 2.29. The molecule has 4 heterocycles. The molecule has 3 aliphatic rings. The van der Waals surface area contributed by atoms with Gasteiger partial charge in [0.05, 0.1) is 25.1 Å². The highest BCUT2D eigenvalue weighted by molar-refractivity contribution is 6.00. The molecule has 7 heteroatoms. The first-order chi connectivity index (χ1) is 13.5. The van der Waals surface area contributed by atoms with Crippen molar-refractivity contribution in [3.05, 3.63) is 42.2 Å². The van der Waals surface area contributed by atoms with Gasteiger partial charge in [0.15, 0.2) is 5.72 Å². The standard InChI is InChI=1S/C21H23N3O4/c1-13(2)16-12-27-21-8-9-23(17(21)10-18(25)24(16)21)20(26)15-11-28-22-19(15)14-6-4-3-5-7-14/h3-7,11,13,16-17H,8-10,12H2,1-2H3/t16-,17+,21-/m0/s1. The first-order valence-electron chi connectivity index (χ1n) is 9.80. The quantitative estimate of drug-likeness (QED) is 0.817. The smallest absolute Gasteiger partial charge is 0.259 e. The van der Waals surface area contributed by atoms with Crippen molar-refractivity contribution in [1.82, 2.24) is 15.0 Å². The van der Waals surface area contributed by atoms with E-state index in [9.17, 15) is 9.59 Å². The van der Waals surface area contributed by atoms with Gasteiger partial charge in [0.2, 0.25) is 5.91 Å². The topological polar surface area (TPSA) is 75.9 Å². The number of hydrogen-bond donors (Lipinski definition) is 0. The minimum absolute atomic E-state index is 0.0722. The summed E-state index contributed by atoms with van der Waals surface area (Å²) in [4.78, 5) is 29.9. The Morgan fingerprint density at radius 2 is 2.07 bits per heavy atom. The minimum Gasteiger partial charge on any atom is -0.363 e. The molecule has 1 aromatic carbocycles. The third-order valence-corrected chi connectivity index (χ3v) is 6.37. The van der Waals surface area contributed by atoms with Crippen molar-refractivity contribution in [1.29, 1.82) is 0 Å². The Bertz CT molecular complexity index is 925. The van der Waals surface area contributed by atoms with E-state index < -0.39 is 5.72 Å². The number of rotatable bonds is 3. The predicted molar refractivity (Wildman–Crippen MR) is 100 cm³/mol. The highest BCUT2D eigenvalue weighted by Gasteiger charge is 2.65. The molecule has 146 valence electrons. The lowest BCUT2D eigenvalue weighted by molar-refractivity contribution is -0.139. The van der Waals surface area contributed by atoms with E-state index in [1.807, 2.05) is 35.2 Å². The van der Waals surface area contributed by atoms with Gasteiger partial charge in [0, 0.05) is 18.5 Å². The molecule has 7 nitrogen and oxygen atoms in total. The largest absolute Gasteiger partial charge is 0.363 e. The van der Waals surface area contributed by atoms with E-state index in [0.717, 1.165) is 5.56 Å². The molecule has 1 spiro atoms. The molecule has 5 rings (SSSR count). The van der Waals surface area contributed by atoms with Crippen molar-refractivity contribution < 1.29 is 18.8 Å². The van der Waals surface area contributed by atoms with E-state index in [0.29, 0.717) is 43.2 Å². The van der Waals surface area contributed by atoms with Crippen LogP contribution in [0.1, 0.15) is 37.0 Å². The molecule has 3 atom stereocenters. The van der Waals surface area contributed by atoms with Crippen LogP contribution in [0.3, 0.4) is 0 Å². The van der Waals surface area contributed by atoms with Crippen molar-refractivity contribution in [2.75, 3.05) is 13.2 Å². The zero-order valence-corrected chi connectivity index (χ0v) is 16.0. The van der Waals surface area contributed by atoms with Crippen LogP contribution in [0.25, 0.3) is 11.3 Å². The highest BCUT2D eigenvalue weighted by atomic mass is 16.5. The number of nitrogens with zero attached hydrogens (tertiary/aromatic N) is 3. The number of carbonyl (C=O) groups excluding carboxylic acids is 2. The maximum absolute atomic E-state index is 13.4. The monoisotopic (exact) mass is 381 g/mol. The summed E-state index contributed by atoms with van der Waals surface area (Å²) in [5.41, 5.74) is 1.11. The van der Waals surface area contributed by atoms with E-state index in [1.54, 1.807) is 4.90 Å². The maximum atomic E-state index is 13.4. The number of amides is 2. The summed E-state index contributed by atoms with van der Waals surface area (Å²) in [6.07, 6.45) is 2.35. The third-order valence-electron chi connectivity index (χ3n) is 6.37. The Morgan fingerprint density at radius 1 is 1.29 bits per heavy atom. The van der Waals surface area contributed by atoms with Gasteiger partial charge in [-0.3, -0.25) is 9.59 Å². The fourth-order valence-electron chi connectivity index (χ4n) is 4.96. The molecule has 3 saturated heterocycles. The first kappa shape index (κ1) is 17.4. The number of carbonyl (C=O) groups is 2. The average molecular weight is 381 g/mol. The molecule has 0 radical (unpaired) electrons. The predicted octanol–water partition coefficient (Wildman–Crippen LogP) is 2.54. The zero-order valence-electron chi connectivity index (χ0n) is 16.0. The molecule has 2 amide bonds. The average Bonchev–Trinajstić information content (AvgIpc) is 3.43. The molecule has 2 aromatic rings. The van der Waals surface area contributed by atoms with Crippen LogP contribution >= 0.6 is 0 Å². The van der Waals surface area contributed by atoms with Crippen molar-refractivity contribution in [3.63, 3.8) is 0 Å². The van der Waals surface area contributed by atoms with Crippen LogP contribution in [-0.4, -0.2) is 57.7 Å². The van der Waals surface area contributed by atoms with Crippen LogP contribution in [0.15, 0.2) is 41.1 Å². The Morgan fingerprint density at radius 3 is 2.82 bits per heavy atom. The van der Waals surface area contributed by atoms with Gasteiger partial charge < -0.3 is 19.1 Å². The number of benzene rings is 1. The molecular weight excluding hydrogens is 358 g/mol. The van der Waals surface area contributed by atoms with Crippen molar-refractivity contribution in [2.24, 2.45) is 5.92 Å². The second-order valence-electron chi connectivity index (χ2n) is 8.14. The molecule has 28 heavy (non-hydrogen) atoms. The second-order valence-corrected chi connectivity index (χ2v) is 8.14. The van der Waals surface area contributed by atoms with E-state index in [1.165, 1.54) is 6.26 Å². The van der Waals surface area contributed by atoms with Crippen molar-refractivity contribution in [2.45, 2.75) is 44.5 Å². The molecule has 0 bridgehead atoms. The second kappa shape index (κ2) is 6.17. The number of ether oxygens (including phenoxy) is 1. The first-order valence-corrected chi connectivity index (χ1v) is 9.80.